The summed E-state index contributed by atoms with van der Waals surface area (Å²) in [6, 6.07) is 4.44. The van der Waals surface area contributed by atoms with Gasteiger partial charge in [-0.3, -0.25) is 4.79 Å². The van der Waals surface area contributed by atoms with Gasteiger partial charge >= 0.3 is 0 Å². The summed E-state index contributed by atoms with van der Waals surface area (Å²) in [4.78, 5) is 11.9. The molecule has 9 nitrogen and oxygen atoms in total. The Morgan fingerprint density at radius 3 is 2.63 bits per heavy atom. The third kappa shape index (κ3) is 6.06. The second-order valence-corrected chi connectivity index (χ2v) is 9.08. The van der Waals surface area contributed by atoms with Gasteiger partial charge in [0.1, 0.15) is 13.2 Å². The van der Waals surface area contributed by atoms with Crippen molar-refractivity contribution in [2.75, 3.05) is 25.1 Å². The van der Waals surface area contributed by atoms with Crippen molar-refractivity contribution in [3.8, 4) is 11.5 Å². The molecular formula is C17H20F2N4O5S2. The van der Waals surface area contributed by atoms with Crippen molar-refractivity contribution in [3.05, 3.63) is 23.2 Å². The average molecular weight is 463 g/mol. The molecular weight excluding hydrogens is 442 g/mol. The molecule has 1 aromatic carbocycles. The van der Waals surface area contributed by atoms with E-state index in [0.717, 1.165) is 0 Å². The summed E-state index contributed by atoms with van der Waals surface area (Å²) < 4.78 is 62.9. The van der Waals surface area contributed by atoms with E-state index in [1.165, 1.54) is 12.1 Å². The first-order chi connectivity index (χ1) is 14.3. The second-order valence-electron chi connectivity index (χ2n) is 6.31. The molecule has 1 amide bonds. The molecule has 0 atom stereocenters. The summed E-state index contributed by atoms with van der Waals surface area (Å²) in [6.45, 7) is 1.00. The van der Waals surface area contributed by atoms with Gasteiger partial charge in [0.05, 0.1) is 4.90 Å². The molecule has 0 unspecified atom stereocenters. The van der Waals surface area contributed by atoms with E-state index in [1.807, 2.05) is 0 Å². The summed E-state index contributed by atoms with van der Waals surface area (Å²) in [5, 5.41) is 8.77. The minimum absolute atomic E-state index is 0.0301. The van der Waals surface area contributed by atoms with Crippen molar-refractivity contribution in [3.63, 3.8) is 0 Å². The lowest BCUT2D eigenvalue weighted by Crippen LogP contribution is -2.25. The lowest BCUT2D eigenvalue weighted by Gasteiger charge is -2.18. The number of aromatic nitrogens is 2. The number of hydrogen-bond acceptors (Lipinski definition) is 8. The highest BCUT2D eigenvalue weighted by Crippen LogP contribution is 2.32. The zero-order valence-corrected chi connectivity index (χ0v) is 17.4. The van der Waals surface area contributed by atoms with Crippen molar-refractivity contribution in [2.24, 2.45) is 0 Å². The van der Waals surface area contributed by atoms with Crippen LogP contribution < -0.4 is 19.5 Å². The van der Waals surface area contributed by atoms with Gasteiger partial charge in [-0.05, 0) is 25.0 Å². The van der Waals surface area contributed by atoms with E-state index in [9.17, 15) is 22.0 Å². The van der Waals surface area contributed by atoms with E-state index in [-0.39, 0.29) is 28.9 Å². The normalized spacial score (nSPS) is 13.4. The Kier molecular flexibility index (Phi) is 7.50. The van der Waals surface area contributed by atoms with Crippen LogP contribution in [0.2, 0.25) is 0 Å². The van der Waals surface area contributed by atoms with Gasteiger partial charge in [0.25, 0.3) is 6.43 Å². The molecule has 0 bridgehead atoms. The number of hydrogen-bond donors (Lipinski definition) is 2. The summed E-state index contributed by atoms with van der Waals surface area (Å²) in [7, 11) is -3.68. The van der Waals surface area contributed by atoms with Crippen molar-refractivity contribution >= 4 is 32.4 Å². The van der Waals surface area contributed by atoms with Gasteiger partial charge in [0.2, 0.25) is 21.1 Å². The second kappa shape index (κ2) is 10.1. The first kappa shape index (κ1) is 22.3. The van der Waals surface area contributed by atoms with E-state index < -0.39 is 21.5 Å². The SMILES string of the molecule is O=C(CCCCCNS(=O)(=O)c1ccc2c(c1)OCCO2)Nc1nnc(C(F)F)s1. The van der Waals surface area contributed by atoms with E-state index >= 15 is 0 Å². The number of amides is 1. The molecule has 0 saturated carbocycles. The molecule has 1 aliphatic rings. The highest BCUT2D eigenvalue weighted by molar-refractivity contribution is 7.89. The number of fused-ring (bicyclic) bond motifs is 1. The molecule has 1 aromatic heterocycles. The van der Waals surface area contributed by atoms with E-state index in [4.69, 9.17) is 9.47 Å². The molecule has 3 rings (SSSR count). The summed E-state index contributed by atoms with van der Waals surface area (Å²) >= 11 is 0.628. The molecule has 1 aliphatic heterocycles. The predicted octanol–water partition coefficient (Wildman–Crippen LogP) is 2.72. The lowest BCUT2D eigenvalue weighted by atomic mass is 10.2. The molecule has 0 aliphatic carbocycles. The van der Waals surface area contributed by atoms with Gasteiger partial charge in [-0.25, -0.2) is 21.9 Å². The van der Waals surface area contributed by atoms with Gasteiger partial charge in [-0.1, -0.05) is 17.8 Å². The maximum Gasteiger partial charge on any atom is 0.291 e. The van der Waals surface area contributed by atoms with Crippen LogP contribution in [0.4, 0.5) is 13.9 Å². The van der Waals surface area contributed by atoms with Crippen molar-refractivity contribution in [1.29, 1.82) is 0 Å². The van der Waals surface area contributed by atoms with Crippen LogP contribution in [0.1, 0.15) is 37.1 Å². The number of ether oxygens (including phenoxy) is 2. The van der Waals surface area contributed by atoms with Gasteiger partial charge in [0.15, 0.2) is 16.5 Å². The minimum atomic E-state index is -3.68. The zero-order chi connectivity index (χ0) is 21.6. The van der Waals surface area contributed by atoms with Crippen molar-refractivity contribution in [1.82, 2.24) is 14.9 Å². The zero-order valence-electron chi connectivity index (χ0n) is 15.8. The average Bonchev–Trinajstić information content (AvgIpc) is 3.19. The van der Waals surface area contributed by atoms with Crippen LogP contribution in [0.15, 0.2) is 23.1 Å². The van der Waals surface area contributed by atoms with Crippen LogP contribution in [-0.4, -0.2) is 44.3 Å². The number of nitrogens with zero attached hydrogens (tertiary/aromatic N) is 2. The van der Waals surface area contributed by atoms with Gasteiger partial charge < -0.3 is 14.8 Å². The third-order valence-corrected chi connectivity index (χ3v) is 6.38. The summed E-state index contributed by atoms with van der Waals surface area (Å²) in [6.07, 6.45) is -0.906. The number of alkyl halides is 2. The molecule has 0 radical (unpaired) electrons. The van der Waals surface area contributed by atoms with Crippen molar-refractivity contribution < 1.29 is 31.5 Å². The fourth-order valence-corrected chi connectivity index (χ4v) is 4.33. The quantitative estimate of drug-likeness (QED) is 0.521. The highest BCUT2D eigenvalue weighted by atomic mass is 32.2. The molecule has 0 saturated heterocycles. The molecule has 2 heterocycles. The Hall–Kier alpha value is -2.38. The van der Waals surface area contributed by atoms with Crippen molar-refractivity contribution in [2.45, 2.75) is 37.0 Å². The summed E-state index contributed by atoms with van der Waals surface area (Å²) in [5.41, 5.74) is 0. The fraction of sp³-hybridized carbons (Fsp3) is 0.471. The number of rotatable bonds is 10. The predicted molar refractivity (Wildman–Crippen MR) is 105 cm³/mol. The van der Waals surface area contributed by atoms with Crippen LogP contribution in [-0.2, 0) is 14.8 Å². The Morgan fingerprint density at radius 1 is 1.13 bits per heavy atom. The Morgan fingerprint density at radius 2 is 1.90 bits per heavy atom. The van der Waals surface area contributed by atoms with E-state index in [1.54, 1.807) is 6.07 Å². The maximum atomic E-state index is 12.4. The largest absolute Gasteiger partial charge is 0.486 e. The minimum Gasteiger partial charge on any atom is -0.486 e. The number of carbonyl (C=O) groups excluding carboxylic acids is 1. The molecule has 164 valence electrons. The smallest absolute Gasteiger partial charge is 0.291 e. The molecule has 2 aromatic rings. The van der Waals surface area contributed by atoms with Crippen LogP contribution >= 0.6 is 11.3 Å². The standard InChI is InChI=1S/C17H20F2N4O5S2/c18-15(19)16-22-23-17(29-16)21-14(24)4-2-1-3-7-20-30(25,26)11-5-6-12-13(10-11)28-9-8-27-12/h5-6,10,15,20H,1-4,7-9H2,(H,21,23,24). The number of carbonyl (C=O) groups is 1. The molecule has 2 N–H and O–H groups in total. The number of unbranched alkanes of at least 4 members (excludes halogenated alkanes) is 2. The topological polar surface area (TPSA) is 120 Å². The number of anilines is 1. The Bertz CT molecular complexity index is 984. The first-order valence-electron chi connectivity index (χ1n) is 9.16. The van der Waals surface area contributed by atoms with E-state index in [0.29, 0.717) is 55.3 Å². The van der Waals surface area contributed by atoms with Gasteiger partial charge in [0, 0.05) is 19.0 Å². The van der Waals surface area contributed by atoms with Gasteiger partial charge in [-0.2, -0.15) is 0 Å². The number of benzene rings is 1. The Balaban J connectivity index is 1.35. The molecule has 13 heteroatoms. The molecule has 30 heavy (non-hydrogen) atoms. The Labute approximate surface area is 175 Å². The van der Waals surface area contributed by atoms with Crippen LogP contribution in [0.5, 0.6) is 11.5 Å². The summed E-state index contributed by atoms with van der Waals surface area (Å²) in [5.74, 6) is 0.549. The van der Waals surface area contributed by atoms with Crippen LogP contribution in [0.25, 0.3) is 0 Å². The fourth-order valence-electron chi connectivity index (χ4n) is 2.62. The molecule has 0 fully saturated rings. The first-order valence-corrected chi connectivity index (χ1v) is 11.5. The number of halogens is 2. The lowest BCUT2D eigenvalue weighted by molar-refractivity contribution is -0.116. The van der Waals surface area contributed by atoms with E-state index in [2.05, 4.69) is 20.2 Å². The monoisotopic (exact) mass is 462 g/mol. The number of sulfonamides is 1. The third-order valence-electron chi connectivity index (χ3n) is 4.07. The van der Waals surface area contributed by atoms with Crippen LogP contribution in [0, 0.1) is 0 Å². The van der Waals surface area contributed by atoms with Gasteiger partial charge in [-0.15, -0.1) is 10.2 Å². The maximum absolute atomic E-state index is 12.4. The number of nitrogens with one attached hydrogen (secondary N) is 2. The highest BCUT2D eigenvalue weighted by Gasteiger charge is 2.19. The molecule has 0 spiro atoms. The van der Waals surface area contributed by atoms with Crippen LogP contribution in [0.3, 0.4) is 0 Å².